The van der Waals surface area contributed by atoms with Crippen molar-refractivity contribution in [1.29, 1.82) is 0 Å². The Labute approximate surface area is 176 Å². The minimum atomic E-state index is -0.814. The molecule has 8 nitrogen and oxygen atoms in total. The maximum absolute atomic E-state index is 12.3. The van der Waals surface area contributed by atoms with E-state index in [2.05, 4.69) is 0 Å². The van der Waals surface area contributed by atoms with Crippen LogP contribution in [0.15, 0.2) is 0 Å². The maximum Gasteiger partial charge on any atom is 0.344 e. The minimum Gasteiger partial charge on any atom is -0.462 e. The highest BCUT2D eigenvalue weighted by atomic mass is 16.6. The number of ether oxygens (including phenoxy) is 4. The number of carbonyl (C=O) groups excluding carboxylic acids is 4. The van der Waals surface area contributed by atoms with Crippen LogP contribution in [0.4, 0.5) is 0 Å². The second kappa shape index (κ2) is 7.85. The number of carbonyl (C=O) groups is 4. The second-order valence-corrected chi connectivity index (χ2v) is 10.5. The molecule has 4 fully saturated rings. The SMILES string of the molecule is CC(C)(C)C(C)(C)C(=O)OCC(=O)OCC(=O)OC12CC3CC(C1)OC(=O)C(C3)C2. The molecule has 2 saturated heterocycles. The fourth-order valence-corrected chi connectivity index (χ4v) is 4.56. The number of hydrogen-bond donors (Lipinski definition) is 0. The zero-order valence-corrected chi connectivity index (χ0v) is 18.4. The molecule has 2 aliphatic heterocycles. The van der Waals surface area contributed by atoms with Crippen LogP contribution >= 0.6 is 0 Å². The average molecular weight is 424 g/mol. The van der Waals surface area contributed by atoms with E-state index in [1.165, 1.54) is 0 Å². The van der Waals surface area contributed by atoms with Gasteiger partial charge in [0.15, 0.2) is 13.2 Å². The Bertz CT molecular complexity index is 734. The molecular formula is C22H32O8. The number of esters is 4. The van der Waals surface area contributed by atoms with Gasteiger partial charge in [0.2, 0.25) is 0 Å². The van der Waals surface area contributed by atoms with Crippen molar-refractivity contribution >= 4 is 23.9 Å². The molecule has 0 aromatic carbocycles. The van der Waals surface area contributed by atoms with Crippen molar-refractivity contribution in [2.45, 2.75) is 78.4 Å². The van der Waals surface area contributed by atoms with E-state index in [-0.39, 0.29) is 23.4 Å². The third-order valence-corrected chi connectivity index (χ3v) is 7.10. The van der Waals surface area contributed by atoms with Gasteiger partial charge in [-0.05, 0) is 44.4 Å². The first-order valence-electron chi connectivity index (χ1n) is 10.6. The van der Waals surface area contributed by atoms with Crippen LogP contribution in [0.3, 0.4) is 0 Å². The van der Waals surface area contributed by atoms with Crippen molar-refractivity contribution in [2.24, 2.45) is 22.7 Å². The van der Waals surface area contributed by atoms with Crippen molar-refractivity contribution in [1.82, 2.24) is 0 Å². The van der Waals surface area contributed by atoms with Crippen LogP contribution in [-0.2, 0) is 38.1 Å². The van der Waals surface area contributed by atoms with E-state index in [1.54, 1.807) is 13.8 Å². The quantitative estimate of drug-likeness (QED) is 0.473. The summed E-state index contributed by atoms with van der Waals surface area (Å²) in [7, 11) is 0. The summed E-state index contributed by atoms with van der Waals surface area (Å²) in [6.45, 7) is 8.11. The first-order valence-corrected chi connectivity index (χ1v) is 10.6. The first-order chi connectivity index (χ1) is 13.8. The molecule has 0 aromatic heterocycles. The molecule has 0 radical (unpaired) electrons. The molecule has 168 valence electrons. The topological polar surface area (TPSA) is 105 Å². The van der Waals surface area contributed by atoms with E-state index in [0.717, 1.165) is 12.8 Å². The molecule has 8 heteroatoms. The summed E-state index contributed by atoms with van der Waals surface area (Å²) in [5, 5.41) is 0. The molecule has 2 heterocycles. The summed E-state index contributed by atoms with van der Waals surface area (Å²) in [6.07, 6.45) is 3.02. The largest absolute Gasteiger partial charge is 0.462 e. The molecular weight excluding hydrogens is 392 g/mol. The lowest BCUT2D eigenvalue weighted by Gasteiger charge is -2.45. The first kappa shape index (κ1) is 22.6. The van der Waals surface area contributed by atoms with Crippen LogP contribution in [-0.4, -0.2) is 48.8 Å². The van der Waals surface area contributed by atoms with Crippen molar-refractivity contribution in [3.8, 4) is 0 Å². The molecule has 2 aliphatic carbocycles. The van der Waals surface area contributed by atoms with Gasteiger partial charge < -0.3 is 18.9 Å². The fraction of sp³-hybridized carbons (Fsp3) is 0.818. The predicted octanol–water partition coefficient (Wildman–Crippen LogP) is 2.56. The highest BCUT2D eigenvalue weighted by Gasteiger charge is 2.54. The molecule has 4 unspecified atom stereocenters. The molecule has 0 aromatic rings. The van der Waals surface area contributed by atoms with E-state index < -0.39 is 42.1 Å². The van der Waals surface area contributed by atoms with Crippen molar-refractivity contribution in [2.75, 3.05) is 13.2 Å². The van der Waals surface area contributed by atoms with Crippen molar-refractivity contribution in [3.05, 3.63) is 0 Å². The van der Waals surface area contributed by atoms with Crippen LogP contribution in [0.5, 0.6) is 0 Å². The highest BCUT2D eigenvalue weighted by molar-refractivity contribution is 5.82. The Morgan fingerprint density at radius 1 is 0.967 bits per heavy atom. The monoisotopic (exact) mass is 424 g/mol. The summed E-state index contributed by atoms with van der Waals surface area (Å²) in [5.41, 5.74) is -1.86. The highest BCUT2D eigenvalue weighted by Crippen LogP contribution is 2.51. The maximum atomic E-state index is 12.3. The van der Waals surface area contributed by atoms with Crippen molar-refractivity contribution < 1.29 is 38.1 Å². The third kappa shape index (κ3) is 4.62. The summed E-state index contributed by atoms with van der Waals surface area (Å²) in [6, 6.07) is 0. The van der Waals surface area contributed by atoms with Crippen LogP contribution in [0.2, 0.25) is 0 Å². The van der Waals surface area contributed by atoms with E-state index in [9.17, 15) is 19.2 Å². The lowest BCUT2D eigenvalue weighted by molar-refractivity contribution is -0.183. The average Bonchev–Trinajstić information content (AvgIpc) is 2.77. The Balaban J connectivity index is 1.47. The molecule has 0 spiro atoms. The molecule has 4 bridgehead atoms. The number of fused-ring (bicyclic) bond motifs is 1. The van der Waals surface area contributed by atoms with Gasteiger partial charge in [0.05, 0.1) is 11.3 Å². The molecule has 2 saturated carbocycles. The van der Waals surface area contributed by atoms with Gasteiger partial charge in [-0.1, -0.05) is 20.8 Å². The van der Waals surface area contributed by atoms with E-state index in [0.29, 0.717) is 25.2 Å². The van der Waals surface area contributed by atoms with Crippen LogP contribution in [0.1, 0.15) is 66.7 Å². The summed E-state index contributed by atoms with van der Waals surface area (Å²) < 4.78 is 21.2. The minimum absolute atomic E-state index is 0.202. The Morgan fingerprint density at radius 2 is 1.63 bits per heavy atom. The number of hydrogen-bond acceptors (Lipinski definition) is 8. The van der Waals surface area contributed by atoms with Gasteiger partial charge in [0.25, 0.3) is 0 Å². The summed E-state index contributed by atoms with van der Waals surface area (Å²) in [4.78, 5) is 48.6. The Hall–Kier alpha value is -2.12. The van der Waals surface area contributed by atoms with Crippen LogP contribution in [0, 0.1) is 22.7 Å². The fourth-order valence-electron chi connectivity index (χ4n) is 4.56. The second-order valence-electron chi connectivity index (χ2n) is 10.5. The standard InChI is InChI=1S/C22H32O8/c1-20(2,3)21(4,5)19(26)28-11-16(23)27-12-17(24)30-22-8-13-6-14(9-22)18(25)29-15(7-13)10-22/h13-15H,6-12H2,1-5H3. The molecule has 30 heavy (non-hydrogen) atoms. The Kier molecular flexibility index (Phi) is 5.91. The zero-order chi connectivity index (χ0) is 22.3. The number of rotatable bonds is 6. The van der Waals surface area contributed by atoms with Gasteiger partial charge >= 0.3 is 23.9 Å². The zero-order valence-electron chi connectivity index (χ0n) is 18.4. The molecule has 4 atom stereocenters. The summed E-state index contributed by atoms with van der Waals surface area (Å²) >= 11 is 0. The molecule has 4 rings (SSSR count). The van der Waals surface area contributed by atoms with E-state index in [1.807, 2.05) is 20.8 Å². The van der Waals surface area contributed by atoms with Gasteiger partial charge in [0, 0.05) is 12.8 Å². The van der Waals surface area contributed by atoms with Gasteiger partial charge in [-0.2, -0.15) is 0 Å². The lowest BCUT2D eigenvalue weighted by atomic mass is 9.65. The van der Waals surface area contributed by atoms with Crippen LogP contribution < -0.4 is 0 Å². The smallest absolute Gasteiger partial charge is 0.344 e. The molecule has 4 aliphatic rings. The van der Waals surface area contributed by atoms with Gasteiger partial charge in [-0.25, -0.2) is 9.59 Å². The van der Waals surface area contributed by atoms with Crippen LogP contribution in [0.25, 0.3) is 0 Å². The van der Waals surface area contributed by atoms with Gasteiger partial charge in [0.1, 0.15) is 11.7 Å². The van der Waals surface area contributed by atoms with E-state index >= 15 is 0 Å². The lowest BCUT2D eigenvalue weighted by Crippen LogP contribution is -2.48. The summed E-state index contributed by atoms with van der Waals surface area (Å²) in [5.74, 6) is -2.13. The van der Waals surface area contributed by atoms with Crippen molar-refractivity contribution in [3.63, 3.8) is 0 Å². The van der Waals surface area contributed by atoms with E-state index in [4.69, 9.17) is 18.9 Å². The Morgan fingerprint density at radius 3 is 2.30 bits per heavy atom. The third-order valence-electron chi connectivity index (χ3n) is 7.10. The van der Waals surface area contributed by atoms with Gasteiger partial charge in [-0.15, -0.1) is 0 Å². The van der Waals surface area contributed by atoms with Gasteiger partial charge in [-0.3, -0.25) is 9.59 Å². The molecule has 0 amide bonds. The molecule has 0 N–H and O–H groups in total. The predicted molar refractivity (Wildman–Crippen MR) is 104 cm³/mol. The normalized spacial score (nSPS) is 30.3.